The van der Waals surface area contributed by atoms with E-state index in [1.54, 1.807) is 0 Å². The summed E-state index contributed by atoms with van der Waals surface area (Å²) in [7, 11) is 0. The number of fused-ring (bicyclic) bond motifs is 4. The summed E-state index contributed by atoms with van der Waals surface area (Å²) in [5, 5.41) is 5.15. The molecule has 0 aliphatic carbocycles. The average Bonchev–Trinajstić information content (AvgIpc) is 3.02. The maximum Gasteiger partial charge on any atom is 0.225 e. The third-order valence-electron chi connectivity index (χ3n) is 6.09. The number of benzene rings is 1. The van der Waals surface area contributed by atoms with Gasteiger partial charge in [-0.3, -0.25) is 4.79 Å². The van der Waals surface area contributed by atoms with Gasteiger partial charge in [-0.05, 0) is 37.3 Å². The second-order valence-corrected chi connectivity index (χ2v) is 7.42. The van der Waals surface area contributed by atoms with Gasteiger partial charge in [-0.15, -0.1) is 0 Å². The van der Waals surface area contributed by atoms with Crippen LogP contribution in [0.3, 0.4) is 0 Å². The zero-order valence-corrected chi connectivity index (χ0v) is 14.7. The first kappa shape index (κ1) is 15.7. The quantitative estimate of drug-likeness (QED) is 0.891. The highest BCUT2D eigenvalue weighted by Crippen LogP contribution is 2.40. The molecule has 1 atom stereocenters. The van der Waals surface area contributed by atoms with Gasteiger partial charge >= 0.3 is 0 Å². The molecule has 1 amide bonds. The SMILES string of the molecule is CCC(C)C(=O)N1CCC2(CC1)NCCc1c2[nH]c2ccccc12. The molecule has 128 valence electrons. The van der Waals surface area contributed by atoms with Gasteiger partial charge in [0.1, 0.15) is 0 Å². The van der Waals surface area contributed by atoms with Crippen LogP contribution >= 0.6 is 0 Å². The summed E-state index contributed by atoms with van der Waals surface area (Å²) < 4.78 is 0. The van der Waals surface area contributed by atoms with Gasteiger partial charge in [0.25, 0.3) is 0 Å². The molecule has 2 aromatic rings. The van der Waals surface area contributed by atoms with E-state index in [9.17, 15) is 4.79 Å². The number of carbonyl (C=O) groups is 1. The second kappa shape index (κ2) is 5.92. The number of likely N-dealkylation sites (tertiary alicyclic amines) is 1. The molecule has 0 radical (unpaired) electrons. The standard InChI is InChI=1S/C20H27N3O/c1-3-14(2)19(24)23-12-9-20(10-13-23)18-16(8-11-21-20)15-6-4-5-7-17(15)22-18/h4-7,14,21-22H,3,8-13H2,1-2H3. The van der Waals surface area contributed by atoms with E-state index in [-0.39, 0.29) is 11.5 Å². The number of hydrogen-bond donors (Lipinski definition) is 2. The van der Waals surface area contributed by atoms with Crippen LogP contribution in [0.2, 0.25) is 0 Å². The van der Waals surface area contributed by atoms with Gasteiger partial charge in [-0.2, -0.15) is 0 Å². The van der Waals surface area contributed by atoms with Gasteiger partial charge < -0.3 is 15.2 Å². The molecule has 1 aromatic heterocycles. The fourth-order valence-electron chi connectivity index (χ4n) is 4.41. The average molecular weight is 325 g/mol. The van der Waals surface area contributed by atoms with E-state index in [1.165, 1.54) is 22.2 Å². The molecule has 2 aliphatic heterocycles. The molecule has 3 heterocycles. The Morgan fingerprint density at radius 3 is 2.79 bits per heavy atom. The van der Waals surface area contributed by atoms with Crippen molar-refractivity contribution >= 4 is 16.8 Å². The van der Waals surface area contributed by atoms with Crippen LogP contribution in [-0.2, 0) is 16.8 Å². The summed E-state index contributed by atoms with van der Waals surface area (Å²) in [4.78, 5) is 18.2. The van der Waals surface area contributed by atoms with Crippen molar-refractivity contribution in [3.05, 3.63) is 35.5 Å². The van der Waals surface area contributed by atoms with Crippen LogP contribution in [0.25, 0.3) is 10.9 Å². The maximum absolute atomic E-state index is 12.5. The number of nitrogens with zero attached hydrogens (tertiary/aromatic N) is 1. The third kappa shape index (κ3) is 2.35. The number of para-hydroxylation sites is 1. The molecule has 1 aromatic carbocycles. The topological polar surface area (TPSA) is 48.1 Å². The number of nitrogens with one attached hydrogen (secondary N) is 2. The van der Waals surface area contributed by atoms with Crippen LogP contribution in [-0.4, -0.2) is 35.4 Å². The number of amides is 1. The van der Waals surface area contributed by atoms with Crippen LogP contribution in [0.1, 0.15) is 44.4 Å². The summed E-state index contributed by atoms with van der Waals surface area (Å²) >= 11 is 0. The van der Waals surface area contributed by atoms with Gasteiger partial charge in [0.2, 0.25) is 5.91 Å². The highest BCUT2D eigenvalue weighted by atomic mass is 16.2. The van der Waals surface area contributed by atoms with Crippen molar-refractivity contribution in [2.24, 2.45) is 5.92 Å². The highest BCUT2D eigenvalue weighted by Gasteiger charge is 2.42. The molecule has 2 N–H and O–H groups in total. The minimum atomic E-state index is 0.0127. The molecule has 4 heteroatoms. The summed E-state index contributed by atoms with van der Waals surface area (Å²) in [5.74, 6) is 0.460. The van der Waals surface area contributed by atoms with Crippen LogP contribution in [0.5, 0.6) is 0 Å². The summed E-state index contributed by atoms with van der Waals surface area (Å²) in [6.45, 7) is 6.86. The molecule has 0 saturated carbocycles. The third-order valence-corrected chi connectivity index (χ3v) is 6.09. The van der Waals surface area contributed by atoms with Crippen molar-refractivity contribution < 1.29 is 4.79 Å². The minimum absolute atomic E-state index is 0.0127. The lowest BCUT2D eigenvalue weighted by molar-refractivity contribution is -0.137. The molecule has 4 nitrogen and oxygen atoms in total. The molecule has 1 saturated heterocycles. The van der Waals surface area contributed by atoms with Crippen molar-refractivity contribution in [2.45, 2.75) is 45.1 Å². The first-order chi connectivity index (χ1) is 11.6. The van der Waals surface area contributed by atoms with Crippen molar-refractivity contribution in [3.63, 3.8) is 0 Å². The lowest BCUT2D eigenvalue weighted by atomic mass is 9.79. The molecule has 1 fully saturated rings. The zero-order valence-electron chi connectivity index (χ0n) is 14.7. The van der Waals surface area contributed by atoms with E-state index in [2.05, 4.69) is 46.4 Å². The van der Waals surface area contributed by atoms with Crippen molar-refractivity contribution in [1.82, 2.24) is 15.2 Å². The predicted octanol–water partition coefficient (Wildman–Crippen LogP) is 3.18. The first-order valence-electron chi connectivity index (χ1n) is 9.28. The summed E-state index contributed by atoms with van der Waals surface area (Å²) in [6.07, 6.45) is 3.99. The molecular weight excluding hydrogens is 298 g/mol. The van der Waals surface area contributed by atoms with E-state index < -0.39 is 0 Å². The van der Waals surface area contributed by atoms with Crippen LogP contribution in [0.15, 0.2) is 24.3 Å². The Hall–Kier alpha value is -1.81. The Labute approximate surface area is 143 Å². The Balaban J connectivity index is 1.62. The van der Waals surface area contributed by atoms with Crippen LogP contribution in [0.4, 0.5) is 0 Å². The van der Waals surface area contributed by atoms with E-state index >= 15 is 0 Å². The molecule has 4 rings (SSSR count). The summed E-state index contributed by atoms with van der Waals surface area (Å²) in [6, 6.07) is 8.62. The lowest BCUT2D eigenvalue weighted by Gasteiger charge is -2.45. The molecular formula is C20H27N3O. The fourth-order valence-corrected chi connectivity index (χ4v) is 4.41. The van der Waals surface area contributed by atoms with Gasteiger partial charge in [-0.25, -0.2) is 0 Å². The smallest absolute Gasteiger partial charge is 0.225 e. The van der Waals surface area contributed by atoms with Crippen LogP contribution < -0.4 is 5.32 Å². The van der Waals surface area contributed by atoms with Gasteiger partial charge in [0, 0.05) is 42.1 Å². The predicted molar refractivity (Wildman–Crippen MR) is 97.0 cm³/mol. The number of aromatic amines is 1. The number of aromatic nitrogens is 1. The van der Waals surface area contributed by atoms with E-state index in [0.29, 0.717) is 5.91 Å². The monoisotopic (exact) mass is 325 g/mol. The second-order valence-electron chi connectivity index (χ2n) is 7.42. The Morgan fingerprint density at radius 1 is 1.29 bits per heavy atom. The molecule has 2 aliphatic rings. The van der Waals surface area contributed by atoms with E-state index in [4.69, 9.17) is 0 Å². The summed E-state index contributed by atoms with van der Waals surface area (Å²) in [5.41, 5.74) is 4.10. The van der Waals surface area contributed by atoms with Crippen molar-refractivity contribution in [1.29, 1.82) is 0 Å². The first-order valence-corrected chi connectivity index (χ1v) is 9.28. The largest absolute Gasteiger partial charge is 0.357 e. The Kier molecular flexibility index (Phi) is 3.87. The maximum atomic E-state index is 12.5. The number of hydrogen-bond acceptors (Lipinski definition) is 2. The van der Waals surface area contributed by atoms with Crippen molar-refractivity contribution in [3.8, 4) is 0 Å². The van der Waals surface area contributed by atoms with Gasteiger partial charge in [-0.1, -0.05) is 32.0 Å². The molecule has 1 spiro atoms. The number of rotatable bonds is 2. The number of H-pyrrole nitrogens is 1. The van der Waals surface area contributed by atoms with E-state index in [1.807, 2.05) is 6.92 Å². The molecule has 0 bridgehead atoms. The molecule has 1 unspecified atom stereocenters. The fraction of sp³-hybridized carbons (Fsp3) is 0.550. The van der Waals surface area contributed by atoms with Gasteiger partial charge in [0.05, 0.1) is 5.54 Å². The highest BCUT2D eigenvalue weighted by molar-refractivity contribution is 5.85. The Morgan fingerprint density at radius 2 is 2.04 bits per heavy atom. The number of carbonyl (C=O) groups excluding carboxylic acids is 1. The normalized spacial score (nSPS) is 21.0. The van der Waals surface area contributed by atoms with Crippen molar-refractivity contribution in [2.75, 3.05) is 19.6 Å². The zero-order chi connectivity index (χ0) is 16.7. The Bertz CT molecular complexity index is 755. The lowest BCUT2D eigenvalue weighted by Crippen LogP contribution is -2.55. The number of piperidine rings is 1. The van der Waals surface area contributed by atoms with E-state index in [0.717, 1.165) is 45.3 Å². The van der Waals surface area contributed by atoms with Crippen LogP contribution in [0, 0.1) is 5.92 Å². The molecule has 24 heavy (non-hydrogen) atoms. The van der Waals surface area contributed by atoms with Gasteiger partial charge in [0.15, 0.2) is 0 Å². The minimum Gasteiger partial charge on any atom is -0.357 e.